The first-order valence-electron chi connectivity index (χ1n) is 11.7. The van der Waals surface area contributed by atoms with Gasteiger partial charge in [-0.05, 0) is 98.0 Å². The Morgan fingerprint density at radius 3 is 1.68 bits per heavy atom. The van der Waals surface area contributed by atoms with Crippen LogP contribution in [0.25, 0.3) is 22.3 Å². The van der Waals surface area contributed by atoms with Crippen LogP contribution < -0.4 is 21.4 Å². The third-order valence-corrected chi connectivity index (χ3v) is 7.07. The zero-order valence-electron chi connectivity index (χ0n) is 19.9. The second-order valence-electron chi connectivity index (χ2n) is 9.21. The van der Waals surface area contributed by atoms with Crippen molar-refractivity contribution >= 4 is 22.3 Å². The van der Waals surface area contributed by atoms with Gasteiger partial charge in [-0.3, -0.25) is 0 Å². The number of rotatable bonds is 1. The Morgan fingerprint density at radius 1 is 0.471 bits per heavy atom. The molecule has 1 aliphatic heterocycles. The number of aromatic amines is 4. The average molecular weight is 445 g/mol. The molecule has 0 unspecified atom stereocenters. The number of aryl methyl sites for hydroxylation is 1. The molecule has 0 saturated heterocycles. The summed E-state index contributed by atoms with van der Waals surface area (Å²) < 4.78 is 0. The molecule has 4 aromatic heterocycles. The second-order valence-corrected chi connectivity index (χ2v) is 9.21. The minimum Gasteiger partial charge on any atom is -0.355 e. The van der Waals surface area contributed by atoms with Gasteiger partial charge in [0.1, 0.15) is 0 Å². The van der Waals surface area contributed by atoms with Crippen LogP contribution in [0, 0.1) is 6.92 Å². The molecule has 0 fully saturated rings. The highest BCUT2D eigenvalue weighted by atomic mass is 14.8. The van der Waals surface area contributed by atoms with Crippen LogP contribution >= 0.6 is 0 Å². The summed E-state index contributed by atoms with van der Waals surface area (Å²) in [5.74, 6) is 0. The van der Waals surface area contributed by atoms with Crippen LogP contribution in [0.15, 0.2) is 72.8 Å². The molecule has 4 nitrogen and oxygen atoms in total. The zero-order chi connectivity index (χ0) is 23.4. The second kappa shape index (κ2) is 7.70. The minimum absolute atomic E-state index is 1.09. The molecule has 0 saturated carbocycles. The highest BCUT2D eigenvalue weighted by molar-refractivity contribution is 5.79. The third kappa shape index (κ3) is 3.22. The lowest BCUT2D eigenvalue weighted by molar-refractivity contribution is 1.17. The van der Waals surface area contributed by atoms with Crippen LogP contribution in [-0.2, 0) is 0 Å². The molecular weight excluding hydrogens is 416 g/mol. The Labute approximate surface area is 198 Å². The standard InChI is InChI=1S/C30H28N4/c1-17-16-28-29(21-8-6-5-7-9-21)27-15-14-25(33-27)19(3)23-11-10-22(31-23)18(2)24-12-13-26(32-24)20(4)30(17)34-28/h5-16,31-34H,1-4H3. The zero-order valence-corrected chi connectivity index (χ0v) is 19.9. The molecule has 0 amide bonds. The van der Waals surface area contributed by atoms with Crippen LogP contribution in [0.2, 0.25) is 0 Å². The van der Waals surface area contributed by atoms with Crippen molar-refractivity contribution in [3.05, 3.63) is 128 Å². The molecule has 34 heavy (non-hydrogen) atoms. The Morgan fingerprint density at radius 2 is 1.03 bits per heavy atom. The van der Waals surface area contributed by atoms with E-state index in [2.05, 4.69) is 120 Å². The first-order chi connectivity index (χ1) is 16.5. The molecule has 0 spiro atoms. The van der Waals surface area contributed by atoms with Crippen LogP contribution in [0.5, 0.6) is 0 Å². The Hall–Kier alpha value is -4.18. The molecule has 6 rings (SSSR count). The van der Waals surface area contributed by atoms with Gasteiger partial charge in [0.15, 0.2) is 0 Å². The summed E-state index contributed by atoms with van der Waals surface area (Å²) >= 11 is 0. The maximum atomic E-state index is 3.75. The van der Waals surface area contributed by atoms with Gasteiger partial charge < -0.3 is 19.9 Å². The fourth-order valence-electron chi connectivity index (χ4n) is 4.99. The van der Waals surface area contributed by atoms with Crippen molar-refractivity contribution in [3.8, 4) is 0 Å². The summed E-state index contributed by atoms with van der Waals surface area (Å²) in [6.45, 7) is 8.67. The molecule has 4 heteroatoms. The van der Waals surface area contributed by atoms with Crippen molar-refractivity contribution in [2.24, 2.45) is 0 Å². The van der Waals surface area contributed by atoms with Crippen LogP contribution in [-0.4, -0.2) is 19.9 Å². The molecule has 1 aromatic carbocycles. The number of nitrogens with one attached hydrogen (secondary N) is 4. The predicted octanol–water partition coefficient (Wildman–Crippen LogP) is 3.52. The lowest BCUT2D eigenvalue weighted by atomic mass is 10.0. The summed E-state index contributed by atoms with van der Waals surface area (Å²) in [6.07, 6.45) is 0. The molecule has 1 aliphatic rings. The fourth-order valence-corrected chi connectivity index (χ4v) is 4.99. The SMILES string of the molecule is CC1=c2ccc([nH]2)=C(C)c2ccc([nH]2)C(C)=c2[nH]c(cc2C)=C(c2ccccc2)c2ccc1[nH]2. The van der Waals surface area contributed by atoms with E-state index in [4.69, 9.17) is 0 Å². The number of fused-ring (bicyclic) bond motifs is 8. The summed E-state index contributed by atoms with van der Waals surface area (Å²) in [4.78, 5) is 14.7. The predicted molar refractivity (Wildman–Crippen MR) is 139 cm³/mol. The number of benzene rings is 1. The van der Waals surface area contributed by atoms with Gasteiger partial charge in [0.25, 0.3) is 0 Å². The Bertz CT molecular complexity index is 1780. The van der Waals surface area contributed by atoms with Gasteiger partial charge in [0, 0.05) is 49.7 Å². The Kier molecular flexibility index (Phi) is 4.63. The van der Waals surface area contributed by atoms with Crippen molar-refractivity contribution in [1.82, 2.24) is 19.9 Å². The topological polar surface area (TPSA) is 63.2 Å². The van der Waals surface area contributed by atoms with E-state index >= 15 is 0 Å². The minimum atomic E-state index is 1.09. The van der Waals surface area contributed by atoms with E-state index in [1.165, 1.54) is 27.8 Å². The molecule has 0 atom stereocenters. The van der Waals surface area contributed by atoms with Gasteiger partial charge in [0.2, 0.25) is 0 Å². The van der Waals surface area contributed by atoms with Crippen molar-refractivity contribution in [3.63, 3.8) is 0 Å². The van der Waals surface area contributed by atoms with Gasteiger partial charge in [0.05, 0.1) is 0 Å². The van der Waals surface area contributed by atoms with E-state index in [-0.39, 0.29) is 0 Å². The van der Waals surface area contributed by atoms with Crippen molar-refractivity contribution < 1.29 is 0 Å². The first kappa shape index (κ1) is 20.4. The van der Waals surface area contributed by atoms with E-state index in [9.17, 15) is 0 Å². The monoisotopic (exact) mass is 444 g/mol. The van der Waals surface area contributed by atoms with Crippen LogP contribution in [0.3, 0.4) is 0 Å². The number of hydrogen-bond acceptors (Lipinski definition) is 0. The van der Waals surface area contributed by atoms with Gasteiger partial charge in [-0.25, -0.2) is 0 Å². The molecule has 5 heterocycles. The first-order valence-corrected chi connectivity index (χ1v) is 11.7. The molecule has 4 N–H and O–H groups in total. The smallest absolute Gasteiger partial charge is 0.0488 e. The van der Waals surface area contributed by atoms with E-state index in [0.29, 0.717) is 0 Å². The maximum absolute atomic E-state index is 3.75. The fraction of sp³-hybridized carbons (Fsp3) is 0.133. The highest BCUT2D eigenvalue weighted by Gasteiger charge is 2.13. The van der Waals surface area contributed by atoms with E-state index in [1.54, 1.807) is 0 Å². The summed E-state index contributed by atoms with van der Waals surface area (Å²) in [5, 5.41) is 4.49. The summed E-state index contributed by atoms with van der Waals surface area (Å²) in [5.41, 5.74) is 11.6. The van der Waals surface area contributed by atoms with Gasteiger partial charge in [-0.15, -0.1) is 0 Å². The van der Waals surface area contributed by atoms with E-state index in [0.717, 1.165) is 49.7 Å². The Balaban J connectivity index is 1.77. The quantitative estimate of drug-likeness (QED) is 0.306. The normalized spacial score (nSPS) is 13.6. The van der Waals surface area contributed by atoms with Crippen LogP contribution in [0.4, 0.5) is 0 Å². The molecule has 0 radical (unpaired) electrons. The van der Waals surface area contributed by atoms with Crippen molar-refractivity contribution in [2.75, 3.05) is 0 Å². The molecule has 168 valence electrons. The molecule has 0 aliphatic carbocycles. The lowest BCUT2D eigenvalue weighted by Gasteiger charge is -2.06. The van der Waals surface area contributed by atoms with E-state index in [1.807, 2.05) is 0 Å². The van der Waals surface area contributed by atoms with Crippen molar-refractivity contribution in [2.45, 2.75) is 27.7 Å². The number of aromatic nitrogens is 4. The molecule has 8 bridgehead atoms. The summed E-state index contributed by atoms with van der Waals surface area (Å²) in [6, 6.07) is 25.9. The molecule has 5 aromatic rings. The maximum Gasteiger partial charge on any atom is 0.0488 e. The highest BCUT2D eigenvalue weighted by Crippen LogP contribution is 2.22. The van der Waals surface area contributed by atoms with Crippen LogP contribution in [0.1, 0.15) is 54.7 Å². The largest absolute Gasteiger partial charge is 0.355 e. The molecular formula is C30H28N4. The summed E-state index contributed by atoms with van der Waals surface area (Å²) in [7, 11) is 0. The average Bonchev–Trinajstić information content (AvgIpc) is 3.65. The van der Waals surface area contributed by atoms with Crippen molar-refractivity contribution in [1.29, 1.82) is 0 Å². The van der Waals surface area contributed by atoms with Gasteiger partial charge in [-0.2, -0.15) is 0 Å². The number of hydrogen-bond donors (Lipinski definition) is 4. The number of H-pyrrole nitrogens is 4. The van der Waals surface area contributed by atoms with Gasteiger partial charge >= 0.3 is 0 Å². The van der Waals surface area contributed by atoms with E-state index < -0.39 is 0 Å². The third-order valence-electron chi connectivity index (χ3n) is 7.07. The lowest BCUT2D eigenvalue weighted by Crippen LogP contribution is -2.17. The van der Waals surface area contributed by atoms with Gasteiger partial charge in [-0.1, -0.05) is 30.3 Å².